The largest absolute Gasteiger partial charge is 0.478 e. The molecule has 6 rings (SSSR count). The summed E-state index contributed by atoms with van der Waals surface area (Å²) < 4.78 is 0. The van der Waals surface area contributed by atoms with Gasteiger partial charge in [0.05, 0.1) is 12.0 Å². The van der Waals surface area contributed by atoms with Crippen LogP contribution in [0.2, 0.25) is 0 Å². The van der Waals surface area contributed by atoms with Crippen LogP contribution >= 0.6 is 0 Å². The van der Waals surface area contributed by atoms with E-state index in [9.17, 15) is 14.4 Å². The molecule has 2 fully saturated rings. The fourth-order valence-corrected chi connectivity index (χ4v) is 6.06. The van der Waals surface area contributed by atoms with Gasteiger partial charge in [0, 0.05) is 37.0 Å². The Bertz CT molecular complexity index is 1370. The van der Waals surface area contributed by atoms with Gasteiger partial charge in [0.1, 0.15) is 0 Å². The smallest absolute Gasteiger partial charge is 0.328 e. The number of hydrogen-bond acceptors (Lipinski definition) is 4. The normalized spacial score (nSPS) is 20.1. The lowest BCUT2D eigenvalue weighted by atomic mass is 9.75. The quantitative estimate of drug-likeness (QED) is 0.399. The lowest BCUT2D eigenvalue weighted by Gasteiger charge is -2.56. The molecule has 0 aromatic heterocycles. The average Bonchev–Trinajstić information content (AvgIpc) is 3.25. The molecule has 1 aliphatic carbocycles. The second-order valence-electron chi connectivity index (χ2n) is 10.1. The van der Waals surface area contributed by atoms with Gasteiger partial charge in [-0.25, -0.2) is 9.59 Å². The maximum atomic E-state index is 12.5. The van der Waals surface area contributed by atoms with Gasteiger partial charge in [0.15, 0.2) is 0 Å². The summed E-state index contributed by atoms with van der Waals surface area (Å²) in [6, 6.07) is 22.4. The van der Waals surface area contributed by atoms with Gasteiger partial charge in [0.2, 0.25) is 5.91 Å². The maximum Gasteiger partial charge on any atom is 0.328 e. The van der Waals surface area contributed by atoms with E-state index < -0.39 is 11.9 Å². The minimum absolute atomic E-state index is 0.0281. The fourth-order valence-electron chi connectivity index (χ4n) is 6.06. The molecule has 37 heavy (non-hydrogen) atoms. The van der Waals surface area contributed by atoms with Gasteiger partial charge in [-0.2, -0.15) is 0 Å². The topological polar surface area (TPSA) is 98.2 Å². The molecule has 1 spiro atoms. The van der Waals surface area contributed by atoms with Gasteiger partial charge in [-0.15, -0.1) is 0 Å². The number of carbonyl (C=O) groups excluding carboxylic acids is 1. The van der Waals surface area contributed by atoms with Crippen molar-refractivity contribution < 1.29 is 24.6 Å². The first-order valence-corrected chi connectivity index (χ1v) is 12.6. The first kappa shape index (κ1) is 24.7. The minimum atomic E-state index is -1.26. The predicted molar refractivity (Wildman–Crippen MR) is 142 cm³/mol. The molecule has 3 aromatic rings. The zero-order valence-corrected chi connectivity index (χ0v) is 20.8. The van der Waals surface area contributed by atoms with Crippen molar-refractivity contribution in [2.45, 2.75) is 44.2 Å². The van der Waals surface area contributed by atoms with Crippen LogP contribution < -0.4 is 4.90 Å². The summed E-state index contributed by atoms with van der Waals surface area (Å²) in [6.07, 6.45) is 5.06. The molecular weight excluding hydrogens is 468 g/mol. The van der Waals surface area contributed by atoms with Crippen LogP contribution in [0, 0.1) is 6.92 Å². The molecule has 0 saturated carbocycles. The van der Waals surface area contributed by atoms with Crippen molar-refractivity contribution in [2.75, 3.05) is 18.0 Å². The van der Waals surface area contributed by atoms with Crippen LogP contribution in [0.4, 0.5) is 5.69 Å². The molecule has 2 saturated heterocycles. The monoisotopic (exact) mass is 498 g/mol. The summed E-state index contributed by atoms with van der Waals surface area (Å²) in [7, 11) is 0. The zero-order chi connectivity index (χ0) is 26.2. The number of piperidine rings is 1. The summed E-state index contributed by atoms with van der Waals surface area (Å²) in [6.45, 7) is 4.21. The number of anilines is 1. The highest BCUT2D eigenvalue weighted by Gasteiger charge is 2.53. The van der Waals surface area contributed by atoms with E-state index in [1.54, 1.807) is 0 Å². The van der Waals surface area contributed by atoms with Crippen molar-refractivity contribution in [1.29, 1.82) is 0 Å². The molecule has 2 heterocycles. The number of β-lactam (4-membered cyclic amide) rings is 1. The van der Waals surface area contributed by atoms with Crippen molar-refractivity contribution >= 4 is 34.3 Å². The number of carboxylic acid groups (broad SMARTS) is 2. The van der Waals surface area contributed by atoms with Gasteiger partial charge in [0.25, 0.3) is 0 Å². The highest BCUT2D eigenvalue weighted by atomic mass is 16.4. The van der Waals surface area contributed by atoms with Crippen molar-refractivity contribution in [1.82, 2.24) is 4.90 Å². The Labute approximate surface area is 215 Å². The van der Waals surface area contributed by atoms with Crippen molar-refractivity contribution in [3.05, 3.63) is 89.5 Å². The van der Waals surface area contributed by atoms with Crippen LogP contribution in [0.1, 0.15) is 42.0 Å². The summed E-state index contributed by atoms with van der Waals surface area (Å²) in [5, 5.41) is 18.5. The lowest BCUT2D eigenvalue weighted by molar-refractivity contribution is -0.134. The fraction of sp³-hybridized carbons (Fsp3) is 0.300. The number of likely N-dealkylation sites (tertiary alicyclic amines) is 1. The van der Waals surface area contributed by atoms with Gasteiger partial charge in [-0.1, -0.05) is 54.1 Å². The molecule has 0 bridgehead atoms. The maximum absolute atomic E-state index is 12.5. The average molecular weight is 499 g/mol. The number of carboxylic acids is 2. The second kappa shape index (κ2) is 9.82. The molecule has 7 nitrogen and oxygen atoms in total. The highest BCUT2D eigenvalue weighted by Crippen LogP contribution is 2.47. The number of nitrogens with zero attached hydrogens (tertiary/aromatic N) is 2. The van der Waals surface area contributed by atoms with Crippen LogP contribution in [-0.4, -0.2) is 51.6 Å². The van der Waals surface area contributed by atoms with Gasteiger partial charge >= 0.3 is 11.9 Å². The molecule has 0 radical (unpaired) electrons. The minimum Gasteiger partial charge on any atom is -0.478 e. The number of carbonyl (C=O) groups is 3. The van der Waals surface area contributed by atoms with E-state index in [0.29, 0.717) is 24.6 Å². The predicted octanol–water partition coefficient (Wildman–Crippen LogP) is 4.73. The Morgan fingerprint density at radius 1 is 0.919 bits per heavy atom. The van der Waals surface area contributed by atoms with E-state index in [1.165, 1.54) is 27.5 Å². The van der Waals surface area contributed by atoms with E-state index in [-0.39, 0.29) is 11.4 Å². The standard InChI is InChI=1S/C26H26N2O.C4H4O4/c1-18-8-10-21(11-9-18)28-24(29)17-26(28)12-14-27(15-13-26)23-16-20-6-2-4-19-5-3-7-22(23)25(19)20;5-3(6)1-2-4(7)8/h2-11,23H,12-17H2,1H3;1-2H,(H,5,6)(H,7,8). The number of aryl methyl sites for hydroxylation is 1. The summed E-state index contributed by atoms with van der Waals surface area (Å²) in [5.41, 5.74) is 5.32. The summed E-state index contributed by atoms with van der Waals surface area (Å²) >= 11 is 0. The Balaban J connectivity index is 0.000000307. The SMILES string of the molecule is Cc1ccc(N2C(=O)CC23CCN(C2Cc4cccc5cccc2c45)CC3)cc1.O=C(O)C=CC(=O)O. The third kappa shape index (κ3) is 4.74. The zero-order valence-electron chi connectivity index (χ0n) is 20.8. The highest BCUT2D eigenvalue weighted by molar-refractivity contribution is 6.02. The van der Waals surface area contributed by atoms with E-state index in [4.69, 9.17) is 10.2 Å². The third-order valence-corrected chi connectivity index (χ3v) is 7.83. The molecule has 2 aliphatic heterocycles. The summed E-state index contributed by atoms with van der Waals surface area (Å²) in [5.74, 6) is -2.24. The molecule has 2 N–H and O–H groups in total. The lowest BCUT2D eigenvalue weighted by Crippen LogP contribution is -2.67. The van der Waals surface area contributed by atoms with E-state index in [1.807, 2.05) is 0 Å². The second-order valence-corrected chi connectivity index (χ2v) is 10.1. The molecule has 1 unspecified atom stereocenters. The van der Waals surface area contributed by atoms with Gasteiger partial charge < -0.3 is 15.1 Å². The molecule has 1 amide bonds. The molecule has 7 heteroatoms. The number of aliphatic carboxylic acids is 2. The summed E-state index contributed by atoms with van der Waals surface area (Å²) in [4.78, 5) is 36.4. The Morgan fingerprint density at radius 3 is 2.14 bits per heavy atom. The number of rotatable bonds is 4. The molecule has 1 atom stereocenters. The van der Waals surface area contributed by atoms with Crippen LogP contribution in [-0.2, 0) is 20.8 Å². The van der Waals surface area contributed by atoms with Crippen molar-refractivity contribution in [3.8, 4) is 0 Å². The van der Waals surface area contributed by atoms with Crippen molar-refractivity contribution in [3.63, 3.8) is 0 Å². The molecule has 3 aliphatic rings. The third-order valence-electron chi connectivity index (χ3n) is 7.83. The van der Waals surface area contributed by atoms with E-state index >= 15 is 0 Å². The first-order chi connectivity index (χ1) is 17.8. The van der Waals surface area contributed by atoms with Crippen LogP contribution in [0.15, 0.2) is 72.8 Å². The van der Waals surface area contributed by atoms with E-state index in [0.717, 1.165) is 38.0 Å². The van der Waals surface area contributed by atoms with E-state index in [2.05, 4.69) is 77.4 Å². The number of amides is 1. The Hall–Kier alpha value is -3.97. The Morgan fingerprint density at radius 2 is 1.54 bits per heavy atom. The number of hydrogen-bond donors (Lipinski definition) is 2. The van der Waals surface area contributed by atoms with Gasteiger partial charge in [-0.05, 0) is 60.2 Å². The molecular formula is C30H30N2O5. The van der Waals surface area contributed by atoms with Crippen LogP contribution in [0.5, 0.6) is 0 Å². The van der Waals surface area contributed by atoms with Crippen LogP contribution in [0.25, 0.3) is 10.8 Å². The van der Waals surface area contributed by atoms with Crippen LogP contribution in [0.3, 0.4) is 0 Å². The number of benzene rings is 3. The van der Waals surface area contributed by atoms with Crippen molar-refractivity contribution in [2.24, 2.45) is 0 Å². The Kier molecular flexibility index (Phi) is 6.56. The molecule has 3 aromatic carbocycles. The van der Waals surface area contributed by atoms with Gasteiger partial charge in [-0.3, -0.25) is 9.69 Å². The molecule has 190 valence electrons. The first-order valence-electron chi connectivity index (χ1n) is 12.6.